The second kappa shape index (κ2) is 6.25. The Balaban J connectivity index is 2.55. The summed E-state index contributed by atoms with van der Waals surface area (Å²) in [6.07, 6.45) is 0. The topological polar surface area (TPSA) is 99.6 Å². The molecule has 0 heterocycles. The minimum absolute atomic E-state index is 0.582. The number of hydrogen-bond donors (Lipinski definition) is 2. The standard InChI is InChI=1S/C14H10N4S2/c15-7-19-9-1-3-13(17)11(5-9)12-6-10(20-8-16)2-4-14(12)18/h1-6H,17-18H2. The Morgan fingerprint density at radius 2 is 1.15 bits per heavy atom. The maximum atomic E-state index is 8.74. The fourth-order valence-corrected chi connectivity index (χ4v) is 2.61. The van der Waals surface area contributed by atoms with Crippen molar-refractivity contribution in [1.82, 2.24) is 0 Å². The van der Waals surface area contributed by atoms with Crippen molar-refractivity contribution in [1.29, 1.82) is 10.5 Å². The molecular weight excluding hydrogens is 288 g/mol. The minimum Gasteiger partial charge on any atom is -0.398 e. The monoisotopic (exact) mass is 298 g/mol. The van der Waals surface area contributed by atoms with Gasteiger partial charge < -0.3 is 11.5 Å². The quantitative estimate of drug-likeness (QED) is 0.509. The molecule has 2 aromatic rings. The highest BCUT2D eigenvalue weighted by atomic mass is 32.2. The fraction of sp³-hybridized carbons (Fsp3) is 0. The number of benzene rings is 2. The Kier molecular flexibility index (Phi) is 4.41. The molecular formula is C14H10N4S2. The number of anilines is 2. The summed E-state index contributed by atoms with van der Waals surface area (Å²) in [5.41, 5.74) is 14.7. The molecule has 0 bridgehead atoms. The highest BCUT2D eigenvalue weighted by Crippen LogP contribution is 2.36. The average molecular weight is 298 g/mol. The predicted octanol–water partition coefficient (Wildman–Crippen LogP) is 3.66. The molecule has 0 aromatic heterocycles. The summed E-state index contributed by atoms with van der Waals surface area (Å²) >= 11 is 2.13. The van der Waals surface area contributed by atoms with E-state index in [1.165, 1.54) is 0 Å². The number of nitrogens with two attached hydrogens (primary N) is 2. The number of rotatable bonds is 3. The van der Waals surface area contributed by atoms with Crippen molar-refractivity contribution >= 4 is 34.9 Å². The molecule has 2 rings (SSSR count). The van der Waals surface area contributed by atoms with Gasteiger partial charge in [-0.1, -0.05) is 0 Å². The van der Waals surface area contributed by atoms with Crippen molar-refractivity contribution < 1.29 is 0 Å². The Hall–Kier alpha value is -2.28. The van der Waals surface area contributed by atoms with E-state index < -0.39 is 0 Å². The summed E-state index contributed by atoms with van der Waals surface area (Å²) in [5, 5.41) is 21.5. The summed E-state index contributed by atoms with van der Waals surface area (Å²) in [6, 6.07) is 10.7. The molecule has 4 N–H and O–H groups in total. The van der Waals surface area contributed by atoms with Crippen LogP contribution in [0.2, 0.25) is 0 Å². The molecule has 4 nitrogen and oxygen atoms in total. The Morgan fingerprint density at radius 1 is 0.750 bits per heavy atom. The normalized spacial score (nSPS) is 9.70. The zero-order valence-electron chi connectivity index (χ0n) is 10.3. The van der Waals surface area contributed by atoms with Crippen LogP contribution in [0.15, 0.2) is 46.2 Å². The molecule has 0 amide bonds. The molecule has 0 fully saturated rings. The Morgan fingerprint density at radius 3 is 1.50 bits per heavy atom. The van der Waals surface area contributed by atoms with Crippen LogP contribution >= 0.6 is 23.5 Å². The van der Waals surface area contributed by atoms with Gasteiger partial charge in [-0.15, -0.1) is 0 Å². The number of thiocyanates is 2. The second-order valence-corrected chi connectivity index (χ2v) is 5.60. The maximum Gasteiger partial charge on any atom is 0.138 e. The first kappa shape index (κ1) is 14.1. The van der Waals surface area contributed by atoms with Crippen molar-refractivity contribution in [2.45, 2.75) is 9.79 Å². The van der Waals surface area contributed by atoms with Gasteiger partial charge in [0.2, 0.25) is 0 Å². The van der Waals surface area contributed by atoms with Crippen LogP contribution in [0.25, 0.3) is 11.1 Å². The third kappa shape index (κ3) is 3.00. The van der Waals surface area contributed by atoms with Crippen LogP contribution in [-0.4, -0.2) is 0 Å². The van der Waals surface area contributed by atoms with Crippen molar-refractivity contribution in [3.05, 3.63) is 36.4 Å². The van der Waals surface area contributed by atoms with Crippen LogP contribution in [0.4, 0.5) is 11.4 Å². The largest absolute Gasteiger partial charge is 0.398 e. The number of thioether (sulfide) groups is 2. The zero-order chi connectivity index (χ0) is 14.5. The fourth-order valence-electron chi connectivity index (χ4n) is 1.77. The smallest absolute Gasteiger partial charge is 0.138 e. The molecule has 0 radical (unpaired) electrons. The van der Waals surface area contributed by atoms with E-state index in [1.54, 1.807) is 24.3 Å². The number of hydrogen-bond acceptors (Lipinski definition) is 6. The van der Waals surface area contributed by atoms with E-state index in [2.05, 4.69) is 0 Å². The first-order valence-electron chi connectivity index (χ1n) is 5.57. The summed E-state index contributed by atoms with van der Waals surface area (Å²) in [7, 11) is 0. The molecule has 0 saturated heterocycles. The third-order valence-electron chi connectivity index (χ3n) is 2.67. The molecule has 0 spiro atoms. The van der Waals surface area contributed by atoms with Gasteiger partial charge in [0, 0.05) is 32.3 Å². The lowest BCUT2D eigenvalue weighted by molar-refractivity contribution is 1.42. The van der Waals surface area contributed by atoms with Gasteiger partial charge in [0.05, 0.1) is 0 Å². The molecule has 0 aliphatic carbocycles. The molecule has 20 heavy (non-hydrogen) atoms. The molecule has 0 saturated carbocycles. The van der Waals surface area contributed by atoms with Crippen molar-refractivity contribution in [2.75, 3.05) is 11.5 Å². The van der Waals surface area contributed by atoms with Crippen LogP contribution in [0, 0.1) is 21.3 Å². The SMILES string of the molecule is N#CSc1ccc(N)c(-c2cc(SC#N)ccc2N)c1. The van der Waals surface area contributed by atoms with Gasteiger partial charge in [-0.2, -0.15) is 10.5 Å². The van der Waals surface area contributed by atoms with Crippen molar-refractivity contribution in [2.24, 2.45) is 0 Å². The van der Waals surface area contributed by atoms with E-state index in [0.29, 0.717) is 11.4 Å². The molecule has 6 heteroatoms. The highest BCUT2D eigenvalue weighted by molar-refractivity contribution is 8.04. The van der Waals surface area contributed by atoms with Crippen LogP contribution < -0.4 is 11.5 Å². The lowest BCUT2D eigenvalue weighted by Gasteiger charge is -2.11. The van der Waals surface area contributed by atoms with E-state index in [-0.39, 0.29) is 0 Å². The molecule has 0 atom stereocenters. The summed E-state index contributed by atoms with van der Waals surface area (Å²) in [5.74, 6) is 0. The Labute approximate surface area is 125 Å². The third-order valence-corrected chi connectivity index (χ3v) is 3.83. The van der Waals surface area contributed by atoms with Crippen LogP contribution in [0.1, 0.15) is 0 Å². The Bertz CT molecular complexity index is 665. The van der Waals surface area contributed by atoms with Crippen LogP contribution in [0.3, 0.4) is 0 Å². The zero-order valence-corrected chi connectivity index (χ0v) is 12.0. The number of nitriles is 2. The number of nitrogen functional groups attached to an aromatic ring is 2. The van der Waals surface area contributed by atoms with Gasteiger partial charge >= 0.3 is 0 Å². The van der Waals surface area contributed by atoms with Crippen LogP contribution in [-0.2, 0) is 0 Å². The average Bonchev–Trinajstić information content (AvgIpc) is 2.44. The first-order valence-corrected chi connectivity index (χ1v) is 7.20. The number of nitrogens with zero attached hydrogens (tertiary/aromatic N) is 2. The van der Waals surface area contributed by atoms with Gasteiger partial charge in [0.25, 0.3) is 0 Å². The molecule has 98 valence electrons. The molecule has 0 unspecified atom stereocenters. The highest BCUT2D eigenvalue weighted by Gasteiger charge is 2.09. The maximum absolute atomic E-state index is 8.74. The van der Waals surface area contributed by atoms with Gasteiger partial charge in [-0.3, -0.25) is 0 Å². The van der Waals surface area contributed by atoms with Crippen molar-refractivity contribution in [3.63, 3.8) is 0 Å². The van der Waals surface area contributed by atoms with Crippen LogP contribution in [0.5, 0.6) is 0 Å². The lowest BCUT2D eigenvalue weighted by atomic mass is 10.0. The predicted molar refractivity (Wildman–Crippen MR) is 83.6 cm³/mol. The van der Waals surface area contributed by atoms with E-state index in [0.717, 1.165) is 44.4 Å². The van der Waals surface area contributed by atoms with E-state index in [9.17, 15) is 0 Å². The molecule has 0 aliphatic heterocycles. The summed E-state index contributed by atoms with van der Waals surface area (Å²) in [6.45, 7) is 0. The summed E-state index contributed by atoms with van der Waals surface area (Å²) < 4.78 is 0. The lowest BCUT2D eigenvalue weighted by Crippen LogP contribution is -1.95. The van der Waals surface area contributed by atoms with Gasteiger partial charge in [-0.05, 0) is 59.9 Å². The van der Waals surface area contributed by atoms with Gasteiger partial charge in [-0.25, -0.2) is 0 Å². The minimum atomic E-state index is 0.582. The first-order chi connectivity index (χ1) is 9.65. The van der Waals surface area contributed by atoms with E-state index in [4.69, 9.17) is 22.0 Å². The molecule has 2 aromatic carbocycles. The second-order valence-electron chi connectivity index (χ2n) is 3.88. The van der Waals surface area contributed by atoms with E-state index >= 15 is 0 Å². The molecule has 0 aliphatic rings. The summed E-state index contributed by atoms with van der Waals surface area (Å²) in [4.78, 5) is 1.60. The van der Waals surface area contributed by atoms with Crippen molar-refractivity contribution in [3.8, 4) is 21.9 Å². The van der Waals surface area contributed by atoms with Gasteiger partial charge in [0.1, 0.15) is 10.8 Å². The van der Waals surface area contributed by atoms with Gasteiger partial charge in [0.15, 0.2) is 0 Å². The van der Waals surface area contributed by atoms with E-state index in [1.807, 2.05) is 22.9 Å².